The van der Waals surface area contributed by atoms with Gasteiger partial charge in [-0.15, -0.1) is 5.10 Å². The van der Waals surface area contributed by atoms with Gasteiger partial charge in [-0.3, -0.25) is 9.69 Å². The van der Waals surface area contributed by atoms with Crippen molar-refractivity contribution in [1.82, 2.24) is 29.8 Å². The minimum Gasteiger partial charge on any atom is -0.373 e. The molecule has 160 valence electrons. The third kappa shape index (κ3) is 4.90. The minimum atomic E-state index is -0.145. The summed E-state index contributed by atoms with van der Waals surface area (Å²) in [5.74, 6) is 0.565. The van der Waals surface area contributed by atoms with E-state index in [2.05, 4.69) is 53.0 Å². The van der Waals surface area contributed by atoms with E-state index in [9.17, 15) is 4.79 Å². The van der Waals surface area contributed by atoms with Gasteiger partial charge in [0.05, 0.1) is 18.6 Å². The second kappa shape index (κ2) is 8.57. The number of ether oxygens (including phenoxy) is 1. The van der Waals surface area contributed by atoms with E-state index in [1.54, 1.807) is 4.52 Å². The molecule has 0 saturated carbocycles. The van der Waals surface area contributed by atoms with Crippen molar-refractivity contribution in [3.05, 3.63) is 17.0 Å². The van der Waals surface area contributed by atoms with Gasteiger partial charge in [0, 0.05) is 42.1 Å². The maximum absolute atomic E-state index is 12.7. The van der Waals surface area contributed by atoms with E-state index >= 15 is 0 Å². The topological polar surface area (TPSA) is 84.7 Å². The summed E-state index contributed by atoms with van der Waals surface area (Å²) < 4.78 is 7.56. The van der Waals surface area contributed by atoms with Crippen LogP contribution in [0.25, 0.3) is 5.78 Å². The van der Waals surface area contributed by atoms with Crippen LogP contribution in [0, 0.1) is 13.8 Å². The summed E-state index contributed by atoms with van der Waals surface area (Å²) in [7, 11) is 0. The van der Waals surface area contributed by atoms with Crippen LogP contribution in [-0.4, -0.2) is 74.0 Å². The van der Waals surface area contributed by atoms with Crippen LogP contribution in [0.3, 0.4) is 0 Å². The van der Waals surface area contributed by atoms with E-state index in [1.807, 2.05) is 20.1 Å². The zero-order chi connectivity index (χ0) is 21.3. The third-order valence-electron chi connectivity index (χ3n) is 5.54. The summed E-state index contributed by atoms with van der Waals surface area (Å²) in [6, 6.07) is 0. The molecule has 3 rings (SSSR count). The van der Waals surface area contributed by atoms with Crippen molar-refractivity contribution in [3.63, 3.8) is 0 Å². The Labute approximate surface area is 176 Å². The SMILES string of the molecule is CSc1nc2nc(C)c(CC(=O)NCC(C)(C)N3CC(C)OC(C)C3)c(C)n2n1. The number of hydrogen-bond acceptors (Lipinski definition) is 7. The van der Waals surface area contributed by atoms with Crippen LogP contribution < -0.4 is 5.32 Å². The Balaban J connectivity index is 1.67. The molecule has 2 unspecified atom stereocenters. The van der Waals surface area contributed by atoms with Gasteiger partial charge >= 0.3 is 0 Å². The van der Waals surface area contributed by atoms with Gasteiger partial charge in [-0.1, -0.05) is 11.8 Å². The second-order valence-corrected chi connectivity index (χ2v) is 9.27. The predicted octanol–water partition coefficient (Wildman–Crippen LogP) is 2.01. The number of hydrogen-bond donors (Lipinski definition) is 1. The number of fused-ring (bicyclic) bond motifs is 1. The zero-order valence-electron chi connectivity index (χ0n) is 18.4. The predicted molar refractivity (Wildman–Crippen MR) is 114 cm³/mol. The van der Waals surface area contributed by atoms with Gasteiger partial charge in [-0.2, -0.15) is 4.98 Å². The number of aromatic nitrogens is 4. The Kier molecular flexibility index (Phi) is 6.50. The highest BCUT2D eigenvalue weighted by molar-refractivity contribution is 7.98. The van der Waals surface area contributed by atoms with Gasteiger partial charge in [-0.05, 0) is 47.8 Å². The normalized spacial score (nSPS) is 20.9. The van der Waals surface area contributed by atoms with Crippen LogP contribution in [0.4, 0.5) is 0 Å². The van der Waals surface area contributed by atoms with Gasteiger partial charge in [-0.25, -0.2) is 9.50 Å². The average molecular weight is 421 g/mol. The minimum absolute atomic E-state index is 0.00927. The molecule has 1 saturated heterocycles. The lowest BCUT2D eigenvalue weighted by atomic mass is 9.99. The third-order valence-corrected chi connectivity index (χ3v) is 6.08. The molecule has 8 nitrogen and oxygen atoms in total. The fourth-order valence-corrected chi connectivity index (χ4v) is 4.19. The van der Waals surface area contributed by atoms with E-state index in [-0.39, 0.29) is 30.1 Å². The molecule has 0 bridgehead atoms. The lowest BCUT2D eigenvalue weighted by Crippen LogP contribution is -2.58. The summed E-state index contributed by atoms with van der Waals surface area (Å²) in [4.78, 5) is 24.1. The Morgan fingerprint density at radius 2 is 1.90 bits per heavy atom. The first-order valence-corrected chi connectivity index (χ1v) is 11.3. The lowest BCUT2D eigenvalue weighted by molar-refractivity contribution is -0.122. The molecule has 2 aromatic heterocycles. The van der Waals surface area contributed by atoms with Crippen molar-refractivity contribution in [1.29, 1.82) is 0 Å². The van der Waals surface area contributed by atoms with E-state index in [0.29, 0.717) is 17.5 Å². The van der Waals surface area contributed by atoms with E-state index in [4.69, 9.17) is 4.74 Å². The summed E-state index contributed by atoms with van der Waals surface area (Å²) in [6.07, 6.45) is 2.61. The fraction of sp³-hybridized carbons (Fsp3) is 0.700. The van der Waals surface area contributed by atoms with Crippen molar-refractivity contribution in [2.45, 2.75) is 70.9 Å². The van der Waals surface area contributed by atoms with Crippen molar-refractivity contribution < 1.29 is 9.53 Å². The zero-order valence-corrected chi connectivity index (χ0v) is 19.3. The van der Waals surface area contributed by atoms with E-state index in [1.165, 1.54) is 11.8 Å². The molecule has 2 aromatic rings. The van der Waals surface area contributed by atoms with E-state index < -0.39 is 0 Å². The van der Waals surface area contributed by atoms with Crippen molar-refractivity contribution in [2.75, 3.05) is 25.9 Å². The van der Waals surface area contributed by atoms with Gasteiger partial charge in [0.25, 0.3) is 5.78 Å². The molecule has 1 amide bonds. The number of morpholine rings is 1. The molecule has 1 N–H and O–H groups in total. The van der Waals surface area contributed by atoms with E-state index in [0.717, 1.165) is 30.0 Å². The molecular formula is C20H32N6O2S. The molecule has 3 heterocycles. The molecule has 0 aliphatic carbocycles. The van der Waals surface area contributed by atoms with Crippen molar-refractivity contribution >= 4 is 23.4 Å². The Bertz CT molecular complexity index is 887. The van der Waals surface area contributed by atoms with Crippen LogP contribution in [0.2, 0.25) is 0 Å². The Morgan fingerprint density at radius 1 is 1.24 bits per heavy atom. The number of nitrogens with one attached hydrogen (secondary N) is 1. The van der Waals surface area contributed by atoms with Crippen LogP contribution in [0.1, 0.15) is 44.6 Å². The summed E-state index contributed by atoms with van der Waals surface area (Å²) in [6.45, 7) is 14.7. The monoisotopic (exact) mass is 420 g/mol. The molecular weight excluding hydrogens is 388 g/mol. The molecule has 1 aliphatic heterocycles. The number of aryl methyl sites for hydroxylation is 2. The second-order valence-electron chi connectivity index (χ2n) is 8.50. The molecule has 1 aliphatic rings. The molecule has 29 heavy (non-hydrogen) atoms. The molecule has 0 radical (unpaired) electrons. The van der Waals surface area contributed by atoms with Gasteiger partial charge in [0.1, 0.15) is 0 Å². The first-order valence-electron chi connectivity index (χ1n) is 10.0. The summed E-state index contributed by atoms with van der Waals surface area (Å²) in [5.41, 5.74) is 2.48. The Morgan fingerprint density at radius 3 is 2.52 bits per heavy atom. The fourth-order valence-electron chi connectivity index (χ4n) is 3.85. The number of amides is 1. The first-order chi connectivity index (χ1) is 13.6. The van der Waals surface area contributed by atoms with Gasteiger partial charge in [0.2, 0.25) is 11.1 Å². The number of thioether (sulfide) groups is 1. The number of nitrogens with zero attached hydrogens (tertiary/aromatic N) is 5. The number of rotatable bonds is 6. The van der Waals surface area contributed by atoms with Crippen LogP contribution in [0.15, 0.2) is 5.16 Å². The van der Waals surface area contributed by atoms with Crippen molar-refractivity contribution in [2.24, 2.45) is 0 Å². The number of carbonyl (C=O) groups excluding carboxylic acids is 1. The van der Waals surface area contributed by atoms with Crippen molar-refractivity contribution in [3.8, 4) is 0 Å². The maximum atomic E-state index is 12.7. The molecule has 9 heteroatoms. The van der Waals surface area contributed by atoms with Crippen LogP contribution in [-0.2, 0) is 16.0 Å². The Hall–Kier alpha value is -1.71. The highest BCUT2D eigenvalue weighted by Gasteiger charge is 2.33. The molecule has 2 atom stereocenters. The molecule has 1 fully saturated rings. The summed E-state index contributed by atoms with van der Waals surface area (Å²) >= 11 is 1.48. The molecule has 0 aromatic carbocycles. The number of carbonyl (C=O) groups is 1. The average Bonchev–Trinajstić information content (AvgIpc) is 3.06. The summed E-state index contributed by atoms with van der Waals surface area (Å²) in [5, 5.41) is 8.25. The molecule has 0 spiro atoms. The van der Waals surface area contributed by atoms with Crippen LogP contribution in [0.5, 0.6) is 0 Å². The lowest BCUT2D eigenvalue weighted by Gasteiger charge is -2.45. The smallest absolute Gasteiger partial charge is 0.253 e. The quantitative estimate of drug-likeness (QED) is 0.716. The largest absolute Gasteiger partial charge is 0.373 e. The van der Waals surface area contributed by atoms with Gasteiger partial charge < -0.3 is 10.1 Å². The standard InChI is InChI=1S/C20H32N6O2S/c1-12-9-25(10-13(2)28-12)20(5,6)11-21-17(27)8-16-14(3)22-18-23-19(29-7)24-26(18)15(16)4/h12-13H,8-11H2,1-7H3,(H,21,27). The highest BCUT2D eigenvalue weighted by atomic mass is 32.2. The van der Waals surface area contributed by atoms with Crippen LogP contribution >= 0.6 is 11.8 Å². The highest BCUT2D eigenvalue weighted by Crippen LogP contribution is 2.21. The first kappa shape index (κ1) is 22.0. The van der Waals surface area contributed by atoms with Gasteiger partial charge in [0.15, 0.2) is 0 Å². The maximum Gasteiger partial charge on any atom is 0.253 e.